The fourth-order valence-corrected chi connectivity index (χ4v) is 0.950. The van der Waals surface area contributed by atoms with Crippen LogP contribution in [0.1, 0.15) is 19.8 Å². The molecule has 1 atom stereocenters. The average molecular weight is 201 g/mol. The zero-order valence-electron chi connectivity index (χ0n) is 9.04. The van der Waals surface area contributed by atoms with Gasteiger partial charge in [-0.2, -0.15) is 0 Å². The van der Waals surface area contributed by atoms with Gasteiger partial charge in [-0.15, -0.1) is 0 Å². The third-order valence-electron chi connectivity index (χ3n) is 1.88. The van der Waals surface area contributed by atoms with Gasteiger partial charge in [0.05, 0.1) is 0 Å². The molecule has 1 unspecified atom stereocenters. The van der Waals surface area contributed by atoms with E-state index in [9.17, 15) is 9.59 Å². The normalized spacial score (nSPS) is 12.0. The van der Waals surface area contributed by atoms with Gasteiger partial charge in [0.25, 0.3) is 0 Å². The number of hydrogen-bond donors (Lipinski definition) is 2. The van der Waals surface area contributed by atoms with Gasteiger partial charge in [0.1, 0.15) is 0 Å². The summed E-state index contributed by atoms with van der Waals surface area (Å²) in [6.07, 6.45) is 0.655. The summed E-state index contributed by atoms with van der Waals surface area (Å²) in [6, 6.07) is -0.134. The molecule has 0 radical (unpaired) electrons. The van der Waals surface area contributed by atoms with Crippen molar-refractivity contribution in [2.45, 2.75) is 25.8 Å². The minimum absolute atomic E-state index is 0.0242. The maximum absolute atomic E-state index is 11.4. The summed E-state index contributed by atoms with van der Waals surface area (Å²) < 4.78 is 0. The average Bonchev–Trinajstić information content (AvgIpc) is 2.12. The minimum Gasteiger partial charge on any atom is -0.359 e. The lowest BCUT2D eigenvalue weighted by atomic mass is 10.2. The Morgan fingerprint density at radius 2 is 2.07 bits per heavy atom. The molecule has 5 heteroatoms. The van der Waals surface area contributed by atoms with Crippen molar-refractivity contribution in [2.75, 3.05) is 20.6 Å². The monoisotopic (exact) mass is 201 g/mol. The molecule has 0 spiro atoms. The van der Waals surface area contributed by atoms with Crippen molar-refractivity contribution in [1.82, 2.24) is 10.2 Å². The maximum atomic E-state index is 11.4. The van der Waals surface area contributed by atoms with Crippen LogP contribution in [0, 0.1) is 0 Å². The fraction of sp³-hybridized carbons (Fsp3) is 0.778. The van der Waals surface area contributed by atoms with Crippen molar-refractivity contribution in [3.8, 4) is 0 Å². The molecule has 0 aromatic carbocycles. The first-order valence-electron chi connectivity index (χ1n) is 4.67. The number of nitrogens with one attached hydrogen (secondary N) is 1. The van der Waals surface area contributed by atoms with E-state index in [1.807, 2.05) is 0 Å². The summed E-state index contributed by atoms with van der Waals surface area (Å²) in [7, 11) is 3.25. The molecule has 0 saturated carbocycles. The van der Waals surface area contributed by atoms with Crippen LogP contribution in [0.15, 0.2) is 0 Å². The Labute approximate surface area is 84.6 Å². The van der Waals surface area contributed by atoms with Gasteiger partial charge in [-0.1, -0.05) is 0 Å². The van der Waals surface area contributed by atoms with Crippen molar-refractivity contribution in [3.63, 3.8) is 0 Å². The van der Waals surface area contributed by atoms with Crippen LogP contribution in [0.25, 0.3) is 0 Å². The van der Waals surface area contributed by atoms with Gasteiger partial charge in [-0.3, -0.25) is 9.59 Å². The Kier molecular flexibility index (Phi) is 5.87. The molecule has 0 aliphatic heterocycles. The lowest BCUT2D eigenvalue weighted by Gasteiger charge is -2.17. The molecule has 0 aliphatic carbocycles. The SMILES string of the molecule is CNC(=O)CCN(C)C(=O)CC(C)N. The standard InChI is InChI=1S/C9H19N3O2/c1-7(10)6-9(14)12(3)5-4-8(13)11-2/h7H,4-6,10H2,1-3H3,(H,11,13). The number of hydrogen-bond acceptors (Lipinski definition) is 3. The lowest BCUT2D eigenvalue weighted by molar-refractivity contribution is -0.130. The van der Waals surface area contributed by atoms with E-state index in [1.165, 1.54) is 4.90 Å². The van der Waals surface area contributed by atoms with E-state index in [0.29, 0.717) is 19.4 Å². The number of nitrogens with two attached hydrogens (primary N) is 1. The largest absolute Gasteiger partial charge is 0.359 e. The molecule has 82 valence electrons. The third-order valence-corrected chi connectivity index (χ3v) is 1.88. The second-order valence-electron chi connectivity index (χ2n) is 3.42. The van der Waals surface area contributed by atoms with Crippen molar-refractivity contribution in [2.24, 2.45) is 5.73 Å². The van der Waals surface area contributed by atoms with Crippen LogP contribution in [-0.2, 0) is 9.59 Å². The highest BCUT2D eigenvalue weighted by Crippen LogP contribution is 1.95. The van der Waals surface area contributed by atoms with E-state index < -0.39 is 0 Å². The molecule has 0 aromatic heterocycles. The van der Waals surface area contributed by atoms with Crippen molar-refractivity contribution in [3.05, 3.63) is 0 Å². The van der Waals surface area contributed by atoms with E-state index in [2.05, 4.69) is 5.32 Å². The summed E-state index contributed by atoms with van der Waals surface area (Å²) in [5.41, 5.74) is 5.49. The van der Waals surface area contributed by atoms with Crippen LogP contribution >= 0.6 is 0 Å². The smallest absolute Gasteiger partial charge is 0.223 e. The maximum Gasteiger partial charge on any atom is 0.223 e. The van der Waals surface area contributed by atoms with Crippen molar-refractivity contribution >= 4 is 11.8 Å². The van der Waals surface area contributed by atoms with Crippen molar-refractivity contribution in [1.29, 1.82) is 0 Å². The van der Waals surface area contributed by atoms with Crippen molar-refractivity contribution < 1.29 is 9.59 Å². The third kappa shape index (κ3) is 5.53. The highest BCUT2D eigenvalue weighted by Gasteiger charge is 2.11. The number of amides is 2. The first-order valence-corrected chi connectivity index (χ1v) is 4.67. The van der Waals surface area contributed by atoms with Gasteiger partial charge in [0, 0.05) is 39.5 Å². The first-order chi connectivity index (χ1) is 6.47. The second kappa shape index (κ2) is 6.37. The number of carbonyl (C=O) groups is 2. The molecule has 5 nitrogen and oxygen atoms in total. The van der Waals surface area contributed by atoms with Crippen LogP contribution in [0.5, 0.6) is 0 Å². The highest BCUT2D eigenvalue weighted by atomic mass is 16.2. The predicted molar refractivity (Wildman–Crippen MR) is 54.6 cm³/mol. The first kappa shape index (κ1) is 12.9. The Hall–Kier alpha value is -1.10. The summed E-state index contributed by atoms with van der Waals surface area (Å²) in [5, 5.41) is 2.50. The van der Waals surface area contributed by atoms with Crippen LogP contribution in [0.4, 0.5) is 0 Å². The number of nitrogens with zero attached hydrogens (tertiary/aromatic N) is 1. The van der Waals surface area contributed by atoms with E-state index >= 15 is 0 Å². The summed E-state index contributed by atoms with van der Waals surface area (Å²) >= 11 is 0. The summed E-state index contributed by atoms with van der Waals surface area (Å²) in [5.74, 6) is -0.0886. The molecule has 2 amide bonds. The van der Waals surface area contributed by atoms with E-state index in [0.717, 1.165) is 0 Å². The molecule has 3 N–H and O–H groups in total. The van der Waals surface area contributed by atoms with Gasteiger partial charge in [0.15, 0.2) is 0 Å². The number of carbonyl (C=O) groups excluding carboxylic acids is 2. The quantitative estimate of drug-likeness (QED) is 0.618. The molecule has 14 heavy (non-hydrogen) atoms. The fourth-order valence-electron chi connectivity index (χ4n) is 0.950. The van der Waals surface area contributed by atoms with E-state index in [-0.39, 0.29) is 17.9 Å². The molecular formula is C9H19N3O2. The molecule has 0 aliphatic rings. The minimum atomic E-state index is -0.134. The second-order valence-corrected chi connectivity index (χ2v) is 3.42. The van der Waals surface area contributed by atoms with Crippen LogP contribution in [0.2, 0.25) is 0 Å². The molecule has 0 aromatic rings. The Morgan fingerprint density at radius 1 is 1.50 bits per heavy atom. The van der Waals surface area contributed by atoms with Gasteiger partial charge in [-0.25, -0.2) is 0 Å². The van der Waals surface area contributed by atoms with E-state index in [1.54, 1.807) is 21.0 Å². The van der Waals surface area contributed by atoms with Gasteiger partial charge >= 0.3 is 0 Å². The summed E-state index contributed by atoms with van der Waals surface area (Å²) in [4.78, 5) is 23.8. The number of rotatable bonds is 5. The zero-order valence-corrected chi connectivity index (χ0v) is 9.04. The van der Waals surface area contributed by atoms with Gasteiger partial charge in [-0.05, 0) is 6.92 Å². The van der Waals surface area contributed by atoms with E-state index in [4.69, 9.17) is 5.73 Å². The molecule has 0 saturated heterocycles. The van der Waals surface area contributed by atoms with Crippen LogP contribution < -0.4 is 11.1 Å². The molecule has 0 bridgehead atoms. The lowest BCUT2D eigenvalue weighted by Crippen LogP contribution is -2.34. The Balaban J connectivity index is 3.78. The topological polar surface area (TPSA) is 75.4 Å². The van der Waals surface area contributed by atoms with Gasteiger partial charge < -0.3 is 16.0 Å². The van der Waals surface area contributed by atoms with Crippen LogP contribution in [-0.4, -0.2) is 43.4 Å². The molecule has 0 fully saturated rings. The molecule has 0 rings (SSSR count). The molecule has 0 heterocycles. The zero-order chi connectivity index (χ0) is 11.1. The Morgan fingerprint density at radius 3 is 2.50 bits per heavy atom. The molecular weight excluding hydrogens is 182 g/mol. The van der Waals surface area contributed by atoms with Gasteiger partial charge in [0.2, 0.25) is 11.8 Å². The Bertz CT molecular complexity index is 204. The predicted octanol–water partition coefficient (Wildman–Crippen LogP) is -0.682. The summed E-state index contributed by atoms with van der Waals surface area (Å²) in [6.45, 7) is 2.22. The van der Waals surface area contributed by atoms with Crippen LogP contribution in [0.3, 0.4) is 0 Å². The highest BCUT2D eigenvalue weighted by molar-refractivity contribution is 5.79.